The van der Waals surface area contributed by atoms with Gasteiger partial charge in [-0.05, 0) is 78.4 Å². The first-order valence-electron chi connectivity index (χ1n) is 8.78. The van der Waals surface area contributed by atoms with E-state index in [1.165, 1.54) is 6.21 Å². The molecule has 3 rings (SSSR count). The number of halogens is 2. The van der Waals surface area contributed by atoms with Crippen molar-refractivity contribution in [2.24, 2.45) is 5.10 Å². The Bertz CT molecular complexity index is 1030. The minimum absolute atomic E-state index is 0.149. The molecule has 8 heteroatoms. The molecule has 30 heavy (non-hydrogen) atoms. The minimum Gasteiger partial charge on any atom is -0.484 e. The number of carbonyl (C=O) groups excluding carboxylic acids is 2. The number of hydrazone groups is 1. The van der Waals surface area contributed by atoms with Gasteiger partial charge < -0.3 is 9.47 Å². The molecular formula is C22H16Br2N2O4. The molecule has 0 saturated heterocycles. The first kappa shape index (κ1) is 21.7. The van der Waals surface area contributed by atoms with E-state index in [1.54, 1.807) is 60.7 Å². The van der Waals surface area contributed by atoms with E-state index < -0.39 is 5.97 Å². The van der Waals surface area contributed by atoms with Crippen LogP contribution in [0.2, 0.25) is 0 Å². The van der Waals surface area contributed by atoms with Crippen molar-refractivity contribution in [3.05, 3.63) is 92.9 Å². The number of benzene rings is 3. The molecule has 0 aliphatic carbocycles. The summed E-state index contributed by atoms with van der Waals surface area (Å²) in [4.78, 5) is 23.9. The molecule has 0 fully saturated rings. The fraction of sp³-hybridized carbons (Fsp3) is 0.0455. The number of nitrogens with zero attached hydrogens (tertiary/aromatic N) is 1. The highest BCUT2D eigenvalue weighted by atomic mass is 79.9. The second-order valence-electron chi connectivity index (χ2n) is 6.00. The molecule has 0 saturated carbocycles. The molecule has 0 heterocycles. The highest BCUT2D eigenvalue weighted by molar-refractivity contribution is 9.10. The summed E-state index contributed by atoms with van der Waals surface area (Å²) < 4.78 is 12.5. The maximum Gasteiger partial charge on any atom is 0.343 e. The molecule has 0 spiro atoms. The summed E-state index contributed by atoms with van der Waals surface area (Å²) in [6.45, 7) is -0.149. The third kappa shape index (κ3) is 6.82. The van der Waals surface area contributed by atoms with E-state index >= 15 is 0 Å². The lowest BCUT2D eigenvalue weighted by Crippen LogP contribution is -2.24. The molecule has 6 nitrogen and oxygen atoms in total. The van der Waals surface area contributed by atoms with E-state index in [1.807, 2.05) is 12.1 Å². The maximum atomic E-state index is 12.1. The number of nitrogens with one attached hydrogen (secondary N) is 1. The number of rotatable bonds is 7. The Morgan fingerprint density at radius 1 is 0.833 bits per heavy atom. The largest absolute Gasteiger partial charge is 0.484 e. The van der Waals surface area contributed by atoms with Gasteiger partial charge in [-0.15, -0.1) is 0 Å². The van der Waals surface area contributed by atoms with Crippen LogP contribution in [-0.4, -0.2) is 24.7 Å². The van der Waals surface area contributed by atoms with Crippen molar-refractivity contribution in [2.45, 2.75) is 0 Å². The number of carbonyl (C=O) groups is 2. The molecule has 0 bridgehead atoms. The number of hydrogen-bond acceptors (Lipinski definition) is 5. The summed E-state index contributed by atoms with van der Waals surface area (Å²) in [6.07, 6.45) is 1.48. The second kappa shape index (κ2) is 10.7. The monoisotopic (exact) mass is 530 g/mol. The lowest BCUT2D eigenvalue weighted by molar-refractivity contribution is -0.123. The summed E-state index contributed by atoms with van der Waals surface area (Å²) in [5.74, 6) is 0.175. The number of ether oxygens (including phenoxy) is 2. The average molecular weight is 532 g/mol. The Labute approximate surface area is 190 Å². The van der Waals surface area contributed by atoms with Crippen LogP contribution in [0.3, 0.4) is 0 Å². The van der Waals surface area contributed by atoms with Gasteiger partial charge in [0.15, 0.2) is 6.61 Å². The van der Waals surface area contributed by atoms with Crippen molar-refractivity contribution in [1.29, 1.82) is 0 Å². The Balaban J connectivity index is 1.45. The molecule has 3 aromatic rings. The molecule has 0 atom stereocenters. The predicted molar refractivity (Wildman–Crippen MR) is 121 cm³/mol. The lowest BCUT2D eigenvalue weighted by atomic mass is 10.2. The molecule has 0 aliphatic heterocycles. The van der Waals surface area contributed by atoms with Gasteiger partial charge in [0.05, 0.1) is 11.8 Å². The van der Waals surface area contributed by atoms with Gasteiger partial charge in [-0.25, -0.2) is 10.2 Å². The molecule has 1 amide bonds. The van der Waals surface area contributed by atoms with Crippen molar-refractivity contribution in [2.75, 3.05) is 6.61 Å². The summed E-state index contributed by atoms with van der Waals surface area (Å²) in [6, 6.07) is 20.8. The lowest BCUT2D eigenvalue weighted by Gasteiger charge is -2.05. The SMILES string of the molecule is O=C(COc1ccc(Br)cc1)N/N=C\c1ccc(OC(=O)c2ccc(Br)cc2)cc1. The van der Waals surface area contributed by atoms with Crippen LogP contribution in [0.1, 0.15) is 15.9 Å². The van der Waals surface area contributed by atoms with Crippen LogP contribution in [0.15, 0.2) is 86.8 Å². The van der Waals surface area contributed by atoms with E-state index in [2.05, 4.69) is 42.4 Å². The minimum atomic E-state index is -0.443. The van der Waals surface area contributed by atoms with Crippen LogP contribution in [0.4, 0.5) is 0 Å². The van der Waals surface area contributed by atoms with E-state index in [4.69, 9.17) is 9.47 Å². The number of amides is 1. The third-order valence-corrected chi connectivity index (χ3v) is 4.81. The maximum absolute atomic E-state index is 12.1. The van der Waals surface area contributed by atoms with Crippen molar-refractivity contribution >= 4 is 50.0 Å². The van der Waals surface area contributed by atoms with Gasteiger partial charge >= 0.3 is 5.97 Å². The smallest absolute Gasteiger partial charge is 0.343 e. The van der Waals surface area contributed by atoms with Crippen molar-refractivity contribution in [3.8, 4) is 11.5 Å². The van der Waals surface area contributed by atoms with Gasteiger partial charge in [-0.3, -0.25) is 4.79 Å². The highest BCUT2D eigenvalue weighted by Gasteiger charge is 2.08. The number of hydrogen-bond donors (Lipinski definition) is 1. The van der Waals surface area contributed by atoms with Crippen LogP contribution >= 0.6 is 31.9 Å². The predicted octanol–water partition coefficient (Wildman–Crippen LogP) is 4.96. The third-order valence-electron chi connectivity index (χ3n) is 3.76. The number of esters is 1. The van der Waals surface area contributed by atoms with Gasteiger partial charge in [0, 0.05) is 8.95 Å². The van der Waals surface area contributed by atoms with Gasteiger partial charge in [0.25, 0.3) is 5.91 Å². The van der Waals surface area contributed by atoms with Crippen LogP contribution in [0.5, 0.6) is 11.5 Å². The van der Waals surface area contributed by atoms with E-state index in [9.17, 15) is 9.59 Å². The molecule has 0 aromatic heterocycles. The van der Waals surface area contributed by atoms with Crippen LogP contribution < -0.4 is 14.9 Å². The summed E-state index contributed by atoms with van der Waals surface area (Å²) in [5.41, 5.74) is 3.58. The zero-order valence-electron chi connectivity index (χ0n) is 15.5. The molecule has 3 aromatic carbocycles. The van der Waals surface area contributed by atoms with Crippen LogP contribution in [0.25, 0.3) is 0 Å². The Morgan fingerprint density at radius 2 is 1.40 bits per heavy atom. The standard InChI is InChI=1S/C22H16Br2N2O4/c23-17-5-3-16(4-6-17)22(28)30-20-9-1-15(2-10-20)13-25-26-21(27)14-29-19-11-7-18(24)8-12-19/h1-13H,14H2,(H,26,27)/b25-13-. The zero-order chi connectivity index (χ0) is 21.3. The Kier molecular flexibility index (Phi) is 7.75. The first-order chi connectivity index (χ1) is 14.5. The Hall–Kier alpha value is -2.97. The van der Waals surface area contributed by atoms with E-state index in [-0.39, 0.29) is 12.5 Å². The van der Waals surface area contributed by atoms with Crippen LogP contribution in [-0.2, 0) is 4.79 Å². The molecule has 1 N–H and O–H groups in total. The molecule has 152 valence electrons. The average Bonchev–Trinajstić information content (AvgIpc) is 2.75. The van der Waals surface area contributed by atoms with Gasteiger partial charge in [0.2, 0.25) is 0 Å². The summed E-state index contributed by atoms with van der Waals surface area (Å²) >= 11 is 6.65. The van der Waals surface area contributed by atoms with Crippen molar-refractivity contribution < 1.29 is 19.1 Å². The van der Waals surface area contributed by atoms with Gasteiger partial charge in [-0.2, -0.15) is 5.10 Å². The fourth-order valence-electron chi connectivity index (χ4n) is 2.26. The van der Waals surface area contributed by atoms with Gasteiger partial charge in [-0.1, -0.05) is 31.9 Å². The van der Waals surface area contributed by atoms with E-state index in [0.717, 1.165) is 14.5 Å². The molecule has 0 aliphatic rings. The topological polar surface area (TPSA) is 77.0 Å². The van der Waals surface area contributed by atoms with Crippen LogP contribution in [0, 0.1) is 0 Å². The normalized spacial score (nSPS) is 10.6. The van der Waals surface area contributed by atoms with Crippen molar-refractivity contribution in [1.82, 2.24) is 5.43 Å². The van der Waals surface area contributed by atoms with E-state index in [0.29, 0.717) is 17.1 Å². The van der Waals surface area contributed by atoms with Crippen molar-refractivity contribution in [3.63, 3.8) is 0 Å². The summed E-state index contributed by atoms with van der Waals surface area (Å²) in [5, 5.41) is 3.89. The quantitative estimate of drug-likeness (QED) is 0.202. The first-order valence-corrected chi connectivity index (χ1v) is 10.4. The fourth-order valence-corrected chi connectivity index (χ4v) is 2.79. The molecule has 0 unspecified atom stereocenters. The summed E-state index contributed by atoms with van der Waals surface area (Å²) in [7, 11) is 0. The second-order valence-corrected chi connectivity index (χ2v) is 7.83. The van der Waals surface area contributed by atoms with Gasteiger partial charge in [0.1, 0.15) is 11.5 Å². The highest BCUT2D eigenvalue weighted by Crippen LogP contribution is 2.17. The molecular weight excluding hydrogens is 516 g/mol. The molecule has 0 radical (unpaired) electrons. The Morgan fingerprint density at radius 3 is 2.03 bits per heavy atom. The zero-order valence-corrected chi connectivity index (χ0v) is 18.7.